The third-order valence-corrected chi connectivity index (χ3v) is 6.87. The number of nitrogens with zero attached hydrogens (tertiary/aromatic N) is 1. The predicted octanol–water partition coefficient (Wildman–Crippen LogP) is 3.66. The van der Waals surface area contributed by atoms with Gasteiger partial charge in [0.25, 0.3) is 0 Å². The first kappa shape index (κ1) is 24.1. The van der Waals surface area contributed by atoms with Gasteiger partial charge in [-0.15, -0.1) is 0 Å². The zero-order valence-corrected chi connectivity index (χ0v) is 19.8. The molecule has 0 bridgehead atoms. The molecule has 9 heteroatoms. The minimum Gasteiger partial charge on any atom is -0.497 e. The third-order valence-electron chi connectivity index (χ3n) is 6.87. The lowest BCUT2D eigenvalue weighted by atomic mass is 9.84. The van der Waals surface area contributed by atoms with E-state index in [1.807, 2.05) is 37.3 Å². The van der Waals surface area contributed by atoms with Gasteiger partial charge in [0.05, 0.1) is 19.1 Å². The highest BCUT2D eigenvalue weighted by Gasteiger charge is 2.32. The number of aromatic nitrogens is 2. The maximum atomic E-state index is 12.4. The van der Waals surface area contributed by atoms with E-state index in [2.05, 4.69) is 20.8 Å². The summed E-state index contributed by atoms with van der Waals surface area (Å²) in [5.41, 5.74) is 1.20. The molecule has 4 N–H and O–H groups in total. The number of anilines is 1. The Bertz CT molecular complexity index is 977. The SMILES string of the molecule is COc1ccc(CC(=O)Nc2cc([C@@H]3CCC(OC(=O)NC4CCC(C)(O)CC4)C3)[nH]n2)cc1. The number of ether oxygens (including phenoxy) is 2. The van der Waals surface area contributed by atoms with E-state index in [0.717, 1.165) is 42.7 Å². The largest absolute Gasteiger partial charge is 0.497 e. The molecule has 2 aromatic rings. The zero-order valence-electron chi connectivity index (χ0n) is 19.8. The summed E-state index contributed by atoms with van der Waals surface area (Å²) >= 11 is 0. The molecule has 1 heterocycles. The molecular formula is C25H34N4O5. The second-order valence-corrected chi connectivity index (χ2v) is 9.73. The Kier molecular flexibility index (Phi) is 7.41. The number of aromatic amines is 1. The van der Waals surface area contributed by atoms with Crippen LogP contribution in [0.4, 0.5) is 10.6 Å². The van der Waals surface area contributed by atoms with Crippen molar-refractivity contribution in [1.82, 2.24) is 15.5 Å². The molecule has 0 aliphatic heterocycles. The number of aliphatic hydroxyl groups is 1. The standard InChI is InChI=1S/C25H34N4O5/c1-25(32)11-9-18(10-12-25)26-24(31)34-20-8-5-17(14-20)21-15-22(29-28-21)27-23(30)13-16-3-6-19(33-2)7-4-16/h3-4,6-7,15,17-18,20,32H,5,8-14H2,1-2H3,(H,26,31)(H2,27,28,29,30)/t17-,18?,20?,25?/m1/s1. The molecule has 2 aliphatic rings. The van der Waals surface area contributed by atoms with Crippen molar-refractivity contribution < 1.29 is 24.2 Å². The normalized spacial score (nSPS) is 26.6. The van der Waals surface area contributed by atoms with Crippen LogP contribution in [0.25, 0.3) is 0 Å². The molecule has 2 atom stereocenters. The first-order valence-corrected chi connectivity index (χ1v) is 12.0. The van der Waals surface area contributed by atoms with Gasteiger partial charge in [0.1, 0.15) is 11.9 Å². The summed E-state index contributed by atoms with van der Waals surface area (Å²) in [6.45, 7) is 1.84. The molecular weight excluding hydrogens is 436 g/mol. The Morgan fingerprint density at radius 1 is 1.18 bits per heavy atom. The molecule has 1 aromatic heterocycles. The van der Waals surface area contributed by atoms with E-state index in [1.54, 1.807) is 7.11 Å². The third kappa shape index (κ3) is 6.50. The fraction of sp³-hybridized carbons (Fsp3) is 0.560. The van der Waals surface area contributed by atoms with Gasteiger partial charge in [-0.2, -0.15) is 5.10 Å². The lowest BCUT2D eigenvalue weighted by Gasteiger charge is -2.33. The summed E-state index contributed by atoms with van der Waals surface area (Å²) < 4.78 is 10.8. The van der Waals surface area contributed by atoms with Crippen molar-refractivity contribution in [3.63, 3.8) is 0 Å². The molecule has 2 fully saturated rings. The number of nitrogens with one attached hydrogen (secondary N) is 3. The van der Waals surface area contributed by atoms with Crippen LogP contribution < -0.4 is 15.4 Å². The van der Waals surface area contributed by atoms with Crippen LogP contribution in [0.15, 0.2) is 30.3 Å². The second-order valence-electron chi connectivity index (χ2n) is 9.73. The van der Waals surface area contributed by atoms with E-state index in [-0.39, 0.29) is 36.5 Å². The lowest BCUT2D eigenvalue weighted by Crippen LogP contribution is -2.43. The van der Waals surface area contributed by atoms with Crippen molar-refractivity contribution in [2.75, 3.05) is 12.4 Å². The van der Waals surface area contributed by atoms with Gasteiger partial charge in [-0.3, -0.25) is 9.89 Å². The Hall–Kier alpha value is -3.07. The van der Waals surface area contributed by atoms with E-state index < -0.39 is 5.60 Å². The minimum absolute atomic E-state index is 0.0571. The van der Waals surface area contributed by atoms with Crippen LogP contribution in [0, 0.1) is 0 Å². The summed E-state index contributed by atoms with van der Waals surface area (Å²) in [5.74, 6) is 1.29. The molecule has 1 unspecified atom stereocenters. The molecule has 1 aromatic carbocycles. The van der Waals surface area contributed by atoms with Gasteiger partial charge in [-0.05, 0) is 69.6 Å². The quantitative estimate of drug-likeness (QED) is 0.489. The van der Waals surface area contributed by atoms with Gasteiger partial charge in [-0.1, -0.05) is 12.1 Å². The van der Waals surface area contributed by atoms with Crippen LogP contribution in [-0.4, -0.2) is 52.2 Å². The monoisotopic (exact) mass is 470 g/mol. The number of hydrogen-bond acceptors (Lipinski definition) is 6. The number of amides is 2. The number of carbonyl (C=O) groups excluding carboxylic acids is 2. The fourth-order valence-electron chi connectivity index (χ4n) is 4.79. The molecule has 0 saturated heterocycles. The molecule has 2 aliphatic carbocycles. The smallest absolute Gasteiger partial charge is 0.407 e. The molecule has 184 valence electrons. The number of benzene rings is 1. The van der Waals surface area contributed by atoms with Crippen molar-refractivity contribution in [1.29, 1.82) is 0 Å². The van der Waals surface area contributed by atoms with Gasteiger partial charge < -0.3 is 25.2 Å². The molecule has 2 saturated carbocycles. The number of alkyl carbamates (subject to hydrolysis) is 1. The topological polar surface area (TPSA) is 126 Å². The van der Waals surface area contributed by atoms with E-state index in [1.165, 1.54) is 0 Å². The van der Waals surface area contributed by atoms with Crippen LogP contribution in [0.5, 0.6) is 5.75 Å². The van der Waals surface area contributed by atoms with Crippen LogP contribution in [-0.2, 0) is 16.0 Å². The van der Waals surface area contributed by atoms with Crippen molar-refractivity contribution in [3.05, 3.63) is 41.6 Å². The van der Waals surface area contributed by atoms with Gasteiger partial charge in [0.15, 0.2) is 5.82 Å². The maximum Gasteiger partial charge on any atom is 0.407 e. The Morgan fingerprint density at radius 2 is 1.91 bits per heavy atom. The minimum atomic E-state index is -0.626. The van der Waals surface area contributed by atoms with Crippen molar-refractivity contribution in [3.8, 4) is 5.75 Å². The zero-order chi connectivity index (χ0) is 24.1. The highest BCUT2D eigenvalue weighted by molar-refractivity contribution is 5.91. The number of methoxy groups -OCH3 is 1. The van der Waals surface area contributed by atoms with E-state index in [9.17, 15) is 14.7 Å². The average molecular weight is 471 g/mol. The number of rotatable bonds is 7. The van der Waals surface area contributed by atoms with Gasteiger partial charge >= 0.3 is 6.09 Å². The van der Waals surface area contributed by atoms with Crippen LogP contribution in [0.1, 0.15) is 69.0 Å². The van der Waals surface area contributed by atoms with Gasteiger partial charge in [0, 0.05) is 23.7 Å². The first-order valence-electron chi connectivity index (χ1n) is 12.0. The van der Waals surface area contributed by atoms with Crippen LogP contribution in [0.2, 0.25) is 0 Å². The van der Waals surface area contributed by atoms with E-state index in [4.69, 9.17) is 9.47 Å². The Labute approximate surface area is 199 Å². The van der Waals surface area contributed by atoms with Crippen molar-refractivity contribution in [2.24, 2.45) is 0 Å². The van der Waals surface area contributed by atoms with E-state index >= 15 is 0 Å². The highest BCUT2D eigenvalue weighted by Crippen LogP contribution is 2.36. The molecule has 0 radical (unpaired) electrons. The summed E-state index contributed by atoms with van der Waals surface area (Å²) in [6.07, 6.45) is 4.99. The summed E-state index contributed by atoms with van der Waals surface area (Å²) in [7, 11) is 1.61. The predicted molar refractivity (Wildman–Crippen MR) is 127 cm³/mol. The van der Waals surface area contributed by atoms with Crippen LogP contribution >= 0.6 is 0 Å². The summed E-state index contributed by atoms with van der Waals surface area (Å²) in [6, 6.07) is 9.29. The fourth-order valence-corrected chi connectivity index (χ4v) is 4.79. The van der Waals surface area contributed by atoms with Gasteiger partial charge in [-0.25, -0.2) is 4.79 Å². The van der Waals surface area contributed by atoms with Gasteiger partial charge in [0.2, 0.25) is 5.91 Å². The number of H-pyrrole nitrogens is 1. The average Bonchev–Trinajstić information content (AvgIpc) is 3.45. The van der Waals surface area contributed by atoms with E-state index in [0.29, 0.717) is 25.1 Å². The number of carbonyl (C=O) groups is 2. The Balaban J connectivity index is 1.21. The number of hydrogen-bond donors (Lipinski definition) is 4. The summed E-state index contributed by atoms with van der Waals surface area (Å²) in [4.78, 5) is 24.7. The molecule has 9 nitrogen and oxygen atoms in total. The highest BCUT2D eigenvalue weighted by atomic mass is 16.6. The van der Waals surface area contributed by atoms with Crippen LogP contribution in [0.3, 0.4) is 0 Å². The lowest BCUT2D eigenvalue weighted by molar-refractivity contribution is -0.115. The summed E-state index contributed by atoms with van der Waals surface area (Å²) in [5, 5.41) is 23.1. The van der Waals surface area contributed by atoms with Crippen molar-refractivity contribution in [2.45, 2.75) is 82.0 Å². The second kappa shape index (κ2) is 10.5. The first-order chi connectivity index (χ1) is 16.3. The molecule has 2 amide bonds. The molecule has 4 rings (SSSR count). The molecule has 34 heavy (non-hydrogen) atoms. The maximum absolute atomic E-state index is 12.4. The molecule has 0 spiro atoms. The Morgan fingerprint density at radius 3 is 2.62 bits per heavy atom. The van der Waals surface area contributed by atoms with Crippen molar-refractivity contribution >= 4 is 17.8 Å².